The zero-order valence-corrected chi connectivity index (χ0v) is 17.4. The Labute approximate surface area is 176 Å². The molecule has 0 fully saturated rings. The number of nitrogens with one attached hydrogen (secondary N) is 1. The van der Waals surface area contributed by atoms with E-state index in [0.29, 0.717) is 5.02 Å². The zero-order chi connectivity index (χ0) is 19.5. The van der Waals surface area contributed by atoms with E-state index in [0.717, 1.165) is 36.9 Å². The van der Waals surface area contributed by atoms with Crippen molar-refractivity contribution in [3.05, 3.63) is 71.5 Å². The second-order valence-corrected chi connectivity index (χ2v) is 8.53. The average molecular weight is 426 g/mol. The maximum absolute atomic E-state index is 12.4. The van der Waals surface area contributed by atoms with E-state index in [1.165, 1.54) is 11.8 Å². The molecule has 4 rings (SSSR count). The Hall–Kier alpha value is -2.41. The van der Waals surface area contributed by atoms with E-state index < -0.39 is 0 Å². The van der Waals surface area contributed by atoms with Crippen LogP contribution in [-0.4, -0.2) is 21.6 Å². The van der Waals surface area contributed by atoms with Crippen LogP contribution in [0.1, 0.15) is 5.56 Å². The molecular formula is C21H16ClN3OS2. The van der Waals surface area contributed by atoms with Crippen molar-refractivity contribution in [3.8, 4) is 10.4 Å². The summed E-state index contributed by atoms with van der Waals surface area (Å²) >= 11 is 9.15. The van der Waals surface area contributed by atoms with Crippen LogP contribution >= 0.6 is 34.7 Å². The number of thioether (sulfide) groups is 1. The van der Waals surface area contributed by atoms with Crippen molar-refractivity contribution in [3.63, 3.8) is 0 Å². The van der Waals surface area contributed by atoms with E-state index >= 15 is 0 Å². The summed E-state index contributed by atoms with van der Waals surface area (Å²) in [6.07, 6.45) is 1.55. The number of carbonyl (C=O) groups is 1. The third-order valence-electron chi connectivity index (χ3n) is 4.23. The van der Waals surface area contributed by atoms with Crippen LogP contribution in [0.5, 0.6) is 0 Å². The molecule has 1 N–H and O–H groups in total. The number of anilines is 1. The van der Waals surface area contributed by atoms with Gasteiger partial charge in [0.15, 0.2) is 0 Å². The molecule has 0 radical (unpaired) electrons. The molecule has 0 saturated heterocycles. The standard InChI is InChI=1S/C21H16ClN3OS2/c1-13-16(22)8-5-9-17(13)25-19(26)11-27-20-15-10-18(14-6-3-2-4-7-14)28-21(15)24-12-23-20/h2-10,12H,11H2,1H3,(H,25,26). The highest BCUT2D eigenvalue weighted by atomic mass is 35.5. The van der Waals surface area contributed by atoms with Crippen LogP contribution in [0.4, 0.5) is 5.69 Å². The molecule has 0 saturated carbocycles. The topological polar surface area (TPSA) is 54.9 Å². The third-order valence-corrected chi connectivity index (χ3v) is 6.74. The van der Waals surface area contributed by atoms with Gasteiger partial charge in [-0.05, 0) is 36.2 Å². The van der Waals surface area contributed by atoms with Gasteiger partial charge in [-0.3, -0.25) is 4.79 Å². The van der Waals surface area contributed by atoms with E-state index in [1.54, 1.807) is 23.7 Å². The van der Waals surface area contributed by atoms with Crippen LogP contribution < -0.4 is 5.32 Å². The van der Waals surface area contributed by atoms with E-state index in [9.17, 15) is 4.79 Å². The summed E-state index contributed by atoms with van der Waals surface area (Å²) in [7, 11) is 0. The fraction of sp³-hybridized carbons (Fsp3) is 0.0952. The van der Waals surface area contributed by atoms with Gasteiger partial charge in [-0.1, -0.05) is 59.8 Å². The van der Waals surface area contributed by atoms with Crippen LogP contribution in [0.3, 0.4) is 0 Å². The van der Waals surface area contributed by atoms with Gasteiger partial charge in [-0.25, -0.2) is 9.97 Å². The third kappa shape index (κ3) is 4.04. The van der Waals surface area contributed by atoms with Gasteiger partial charge in [0.25, 0.3) is 0 Å². The van der Waals surface area contributed by atoms with Crippen molar-refractivity contribution in [1.82, 2.24) is 9.97 Å². The Morgan fingerprint density at radius 3 is 2.79 bits per heavy atom. The lowest BCUT2D eigenvalue weighted by Gasteiger charge is -2.09. The van der Waals surface area contributed by atoms with Crippen molar-refractivity contribution < 1.29 is 4.79 Å². The molecule has 7 heteroatoms. The normalized spacial score (nSPS) is 10.9. The van der Waals surface area contributed by atoms with Crippen molar-refractivity contribution in [1.29, 1.82) is 0 Å². The Morgan fingerprint density at radius 1 is 1.14 bits per heavy atom. The van der Waals surface area contributed by atoms with Crippen LogP contribution in [0.2, 0.25) is 5.02 Å². The zero-order valence-electron chi connectivity index (χ0n) is 15.0. The molecule has 140 valence electrons. The minimum atomic E-state index is -0.0966. The first kappa shape index (κ1) is 18.9. The van der Waals surface area contributed by atoms with Gasteiger partial charge < -0.3 is 5.32 Å². The van der Waals surface area contributed by atoms with E-state index in [4.69, 9.17) is 11.6 Å². The van der Waals surface area contributed by atoms with E-state index in [1.807, 2.05) is 37.3 Å². The summed E-state index contributed by atoms with van der Waals surface area (Å²) in [6.45, 7) is 1.88. The first-order valence-corrected chi connectivity index (χ1v) is 10.8. The quantitative estimate of drug-likeness (QED) is 0.312. The Balaban J connectivity index is 1.51. The van der Waals surface area contributed by atoms with Crippen LogP contribution in [-0.2, 0) is 4.79 Å². The van der Waals surface area contributed by atoms with Gasteiger partial charge in [0.05, 0.1) is 5.75 Å². The van der Waals surface area contributed by atoms with E-state index in [2.05, 4.69) is 33.5 Å². The minimum absolute atomic E-state index is 0.0966. The fourth-order valence-corrected chi connectivity index (χ4v) is 4.77. The molecule has 4 nitrogen and oxygen atoms in total. The number of rotatable bonds is 5. The summed E-state index contributed by atoms with van der Waals surface area (Å²) in [5, 5.41) is 5.33. The molecule has 0 unspecified atom stereocenters. The fourth-order valence-electron chi connectivity index (χ4n) is 2.76. The Bertz CT molecular complexity index is 1150. The van der Waals surface area contributed by atoms with Crippen molar-refractivity contribution in [2.24, 2.45) is 0 Å². The summed E-state index contributed by atoms with van der Waals surface area (Å²) in [5.74, 6) is 0.162. The van der Waals surface area contributed by atoms with Crippen molar-refractivity contribution in [2.75, 3.05) is 11.1 Å². The minimum Gasteiger partial charge on any atom is -0.325 e. The molecule has 2 aromatic carbocycles. The summed E-state index contributed by atoms with van der Waals surface area (Å²) in [6, 6.07) is 17.7. The van der Waals surface area contributed by atoms with Gasteiger partial charge in [-0.2, -0.15) is 0 Å². The molecular weight excluding hydrogens is 410 g/mol. The number of carbonyl (C=O) groups excluding carboxylic acids is 1. The molecule has 0 aliphatic heterocycles. The highest BCUT2D eigenvalue weighted by Crippen LogP contribution is 2.36. The molecule has 1 amide bonds. The lowest BCUT2D eigenvalue weighted by Crippen LogP contribution is -2.15. The summed E-state index contributed by atoms with van der Waals surface area (Å²) < 4.78 is 0. The van der Waals surface area contributed by atoms with Crippen molar-refractivity contribution >= 4 is 56.5 Å². The SMILES string of the molecule is Cc1c(Cl)cccc1NC(=O)CSc1ncnc2sc(-c3ccccc3)cc12. The number of fused-ring (bicyclic) bond motifs is 1. The van der Waals surface area contributed by atoms with Gasteiger partial charge in [0.1, 0.15) is 16.2 Å². The van der Waals surface area contributed by atoms with Gasteiger partial charge in [0.2, 0.25) is 5.91 Å². The second kappa shape index (κ2) is 8.31. The van der Waals surface area contributed by atoms with Crippen LogP contribution in [0.25, 0.3) is 20.7 Å². The molecule has 0 aliphatic carbocycles. The molecule has 28 heavy (non-hydrogen) atoms. The summed E-state index contributed by atoms with van der Waals surface area (Å²) in [5.41, 5.74) is 2.74. The van der Waals surface area contributed by atoms with E-state index in [-0.39, 0.29) is 11.7 Å². The monoisotopic (exact) mass is 425 g/mol. The maximum Gasteiger partial charge on any atom is 0.234 e. The molecule has 2 aromatic heterocycles. The number of amides is 1. The lowest BCUT2D eigenvalue weighted by molar-refractivity contribution is -0.113. The molecule has 0 atom stereocenters. The number of hydrogen-bond donors (Lipinski definition) is 1. The Kier molecular flexibility index (Phi) is 5.62. The first-order chi connectivity index (χ1) is 13.6. The number of thiophene rings is 1. The number of hydrogen-bond acceptors (Lipinski definition) is 5. The number of halogens is 1. The Morgan fingerprint density at radius 2 is 1.96 bits per heavy atom. The first-order valence-electron chi connectivity index (χ1n) is 8.59. The summed E-state index contributed by atoms with van der Waals surface area (Å²) in [4.78, 5) is 23.2. The molecule has 0 bridgehead atoms. The predicted octanol–water partition coefficient (Wildman–Crippen LogP) is 6.05. The highest BCUT2D eigenvalue weighted by molar-refractivity contribution is 8.00. The molecule has 0 aliphatic rings. The van der Waals surface area contributed by atoms with Crippen molar-refractivity contribution in [2.45, 2.75) is 11.9 Å². The second-order valence-electron chi connectivity index (χ2n) is 6.12. The number of benzene rings is 2. The van der Waals surface area contributed by atoms with Crippen LogP contribution in [0.15, 0.2) is 66.0 Å². The molecule has 4 aromatic rings. The number of nitrogens with zero attached hydrogens (tertiary/aromatic N) is 2. The number of aromatic nitrogens is 2. The lowest BCUT2D eigenvalue weighted by atomic mass is 10.2. The van der Waals surface area contributed by atoms with Crippen LogP contribution in [0, 0.1) is 6.92 Å². The van der Waals surface area contributed by atoms with Gasteiger partial charge in [0, 0.05) is 21.0 Å². The largest absolute Gasteiger partial charge is 0.325 e. The predicted molar refractivity (Wildman–Crippen MR) is 118 cm³/mol. The maximum atomic E-state index is 12.4. The smallest absolute Gasteiger partial charge is 0.234 e. The molecule has 2 heterocycles. The molecule has 0 spiro atoms. The van der Waals surface area contributed by atoms with Gasteiger partial charge in [-0.15, -0.1) is 11.3 Å². The highest BCUT2D eigenvalue weighted by Gasteiger charge is 2.13. The van der Waals surface area contributed by atoms with Gasteiger partial charge >= 0.3 is 0 Å². The average Bonchev–Trinajstić information content (AvgIpc) is 3.15.